The zero-order valence-corrected chi connectivity index (χ0v) is 11.3. The van der Waals surface area contributed by atoms with Gasteiger partial charge in [0.2, 0.25) is 0 Å². The molecule has 1 aliphatic heterocycles. The predicted octanol–water partition coefficient (Wildman–Crippen LogP) is 0.949. The Morgan fingerprint density at radius 3 is 3.00 bits per heavy atom. The quantitative estimate of drug-likeness (QED) is 0.816. The summed E-state index contributed by atoms with van der Waals surface area (Å²) in [6, 6.07) is 5.70. The molecule has 20 heavy (non-hydrogen) atoms. The predicted molar refractivity (Wildman–Crippen MR) is 72.0 cm³/mol. The molecular formula is C14H16N4O2. The number of methoxy groups -OCH3 is 1. The van der Waals surface area contributed by atoms with Gasteiger partial charge in [-0.1, -0.05) is 0 Å². The van der Waals surface area contributed by atoms with E-state index in [2.05, 4.69) is 14.8 Å². The highest BCUT2D eigenvalue weighted by Crippen LogP contribution is 2.17. The molecule has 1 amide bonds. The number of nitrogens with zero attached hydrogens (tertiary/aromatic N) is 4. The zero-order chi connectivity index (χ0) is 13.9. The second-order valence-corrected chi connectivity index (χ2v) is 4.83. The van der Waals surface area contributed by atoms with E-state index in [-0.39, 0.29) is 12.0 Å². The van der Waals surface area contributed by atoms with Crippen LogP contribution in [-0.2, 0) is 17.8 Å². The number of rotatable bonds is 2. The van der Waals surface area contributed by atoms with Crippen molar-refractivity contribution < 1.29 is 9.53 Å². The van der Waals surface area contributed by atoms with E-state index in [1.807, 2.05) is 18.3 Å². The Kier molecular flexibility index (Phi) is 3.47. The first kappa shape index (κ1) is 12.8. The largest absolute Gasteiger partial charge is 0.378 e. The van der Waals surface area contributed by atoms with Gasteiger partial charge in [-0.15, -0.1) is 0 Å². The molecule has 0 fully saturated rings. The molecule has 3 heterocycles. The third-order valence-electron chi connectivity index (χ3n) is 3.55. The van der Waals surface area contributed by atoms with E-state index >= 15 is 0 Å². The van der Waals surface area contributed by atoms with Crippen molar-refractivity contribution in [2.24, 2.45) is 0 Å². The summed E-state index contributed by atoms with van der Waals surface area (Å²) >= 11 is 0. The standard InChI is InChI=1S/C14H16N4O2/c1-20-13-9-17-6-2-3-12(17)8-18(10-13)14(19)11-4-5-15-16-7-11/h2-7,13H,8-10H2,1H3. The highest BCUT2D eigenvalue weighted by molar-refractivity contribution is 5.93. The topological polar surface area (TPSA) is 60.2 Å². The Labute approximate surface area is 117 Å². The molecule has 0 saturated carbocycles. The fourth-order valence-corrected chi connectivity index (χ4v) is 2.46. The Morgan fingerprint density at radius 2 is 2.25 bits per heavy atom. The van der Waals surface area contributed by atoms with Crippen LogP contribution in [0.4, 0.5) is 0 Å². The van der Waals surface area contributed by atoms with E-state index in [9.17, 15) is 4.79 Å². The molecule has 1 unspecified atom stereocenters. The monoisotopic (exact) mass is 272 g/mol. The van der Waals surface area contributed by atoms with Gasteiger partial charge in [0.1, 0.15) is 0 Å². The summed E-state index contributed by atoms with van der Waals surface area (Å²) in [7, 11) is 1.68. The SMILES string of the molecule is COC1CN(C(=O)c2ccnnc2)Cc2cccn2C1. The molecule has 0 spiro atoms. The maximum absolute atomic E-state index is 12.5. The summed E-state index contributed by atoms with van der Waals surface area (Å²) in [6.07, 6.45) is 5.03. The summed E-state index contributed by atoms with van der Waals surface area (Å²) in [5.41, 5.74) is 1.66. The minimum atomic E-state index is -0.0448. The molecule has 0 aromatic carbocycles. The number of carbonyl (C=O) groups is 1. The van der Waals surface area contributed by atoms with Crippen LogP contribution in [0, 0.1) is 0 Å². The van der Waals surface area contributed by atoms with Gasteiger partial charge in [0.25, 0.3) is 5.91 Å². The van der Waals surface area contributed by atoms with Gasteiger partial charge in [-0.2, -0.15) is 10.2 Å². The minimum Gasteiger partial charge on any atom is -0.378 e. The van der Waals surface area contributed by atoms with Crippen LogP contribution in [0.25, 0.3) is 0 Å². The van der Waals surface area contributed by atoms with Crippen LogP contribution in [-0.4, -0.2) is 45.3 Å². The molecule has 6 heteroatoms. The van der Waals surface area contributed by atoms with Gasteiger partial charge in [-0.05, 0) is 18.2 Å². The van der Waals surface area contributed by atoms with Crippen molar-refractivity contribution in [2.75, 3.05) is 13.7 Å². The van der Waals surface area contributed by atoms with Crippen molar-refractivity contribution in [1.82, 2.24) is 19.7 Å². The Balaban J connectivity index is 1.87. The van der Waals surface area contributed by atoms with Crippen LogP contribution in [0.3, 0.4) is 0 Å². The third kappa shape index (κ3) is 2.42. The van der Waals surface area contributed by atoms with Gasteiger partial charge < -0.3 is 14.2 Å². The molecule has 0 bridgehead atoms. The second kappa shape index (κ2) is 5.42. The molecule has 104 valence electrons. The molecule has 3 rings (SSSR count). The Morgan fingerprint density at radius 1 is 1.35 bits per heavy atom. The fourth-order valence-electron chi connectivity index (χ4n) is 2.46. The number of hydrogen-bond acceptors (Lipinski definition) is 4. The smallest absolute Gasteiger partial charge is 0.255 e. The molecule has 0 aliphatic carbocycles. The van der Waals surface area contributed by atoms with Crippen molar-refractivity contribution in [1.29, 1.82) is 0 Å². The lowest BCUT2D eigenvalue weighted by atomic mass is 10.2. The summed E-state index contributed by atoms with van der Waals surface area (Å²) < 4.78 is 7.60. The number of hydrogen-bond donors (Lipinski definition) is 0. The number of ether oxygens (including phenoxy) is 1. The van der Waals surface area contributed by atoms with E-state index in [0.29, 0.717) is 18.7 Å². The maximum atomic E-state index is 12.5. The molecule has 0 radical (unpaired) electrons. The average Bonchev–Trinajstić information content (AvgIpc) is 2.85. The molecule has 1 atom stereocenters. The van der Waals surface area contributed by atoms with Crippen LogP contribution in [0.2, 0.25) is 0 Å². The van der Waals surface area contributed by atoms with Crippen molar-refractivity contribution in [3.8, 4) is 0 Å². The molecular weight excluding hydrogens is 256 g/mol. The van der Waals surface area contributed by atoms with Gasteiger partial charge in [0, 0.05) is 25.5 Å². The molecule has 2 aromatic rings. The Bertz CT molecular complexity index is 596. The normalized spacial score (nSPS) is 18.4. The first-order valence-electron chi connectivity index (χ1n) is 6.50. The van der Waals surface area contributed by atoms with Gasteiger partial charge in [0.15, 0.2) is 0 Å². The fraction of sp³-hybridized carbons (Fsp3) is 0.357. The summed E-state index contributed by atoms with van der Waals surface area (Å²) in [6.45, 7) is 1.91. The lowest BCUT2D eigenvalue weighted by molar-refractivity contribution is 0.0458. The van der Waals surface area contributed by atoms with Gasteiger partial charge in [0.05, 0.1) is 37.2 Å². The first-order chi connectivity index (χ1) is 9.78. The average molecular weight is 272 g/mol. The van der Waals surface area contributed by atoms with Gasteiger partial charge >= 0.3 is 0 Å². The molecule has 6 nitrogen and oxygen atoms in total. The third-order valence-corrected chi connectivity index (χ3v) is 3.55. The molecule has 1 aliphatic rings. The zero-order valence-electron chi connectivity index (χ0n) is 11.3. The maximum Gasteiger partial charge on any atom is 0.255 e. The number of aromatic nitrogens is 3. The second-order valence-electron chi connectivity index (χ2n) is 4.83. The van der Waals surface area contributed by atoms with Gasteiger partial charge in [-0.25, -0.2) is 0 Å². The van der Waals surface area contributed by atoms with Crippen molar-refractivity contribution in [3.63, 3.8) is 0 Å². The summed E-state index contributed by atoms with van der Waals surface area (Å²) in [5.74, 6) is -0.0448. The van der Waals surface area contributed by atoms with Crippen LogP contribution in [0.1, 0.15) is 16.1 Å². The first-order valence-corrected chi connectivity index (χ1v) is 6.50. The number of carbonyl (C=O) groups excluding carboxylic acids is 1. The van der Waals surface area contributed by atoms with E-state index < -0.39 is 0 Å². The van der Waals surface area contributed by atoms with E-state index in [0.717, 1.165) is 12.2 Å². The number of amides is 1. The molecule has 2 aromatic heterocycles. The summed E-state index contributed by atoms with van der Waals surface area (Å²) in [5, 5.41) is 7.46. The van der Waals surface area contributed by atoms with E-state index in [1.54, 1.807) is 18.1 Å². The Hall–Kier alpha value is -2.21. The van der Waals surface area contributed by atoms with Crippen molar-refractivity contribution in [2.45, 2.75) is 19.2 Å². The minimum absolute atomic E-state index is 0.0117. The lowest BCUT2D eigenvalue weighted by Crippen LogP contribution is -2.36. The van der Waals surface area contributed by atoms with Crippen LogP contribution < -0.4 is 0 Å². The van der Waals surface area contributed by atoms with E-state index in [4.69, 9.17) is 4.74 Å². The molecule has 0 N–H and O–H groups in total. The van der Waals surface area contributed by atoms with Gasteiger partial charge in [-0.3, -0.25) is 4.79 Å². The van der Waals surface area contributed by atoms with Crippen LogP contribution >= 0.6 is 0 Å². The lowest BCUT2D eigenvalue weighted by Gasteiger charge is -2.23. The summed E-state index contributed by atoms with van der Waals surface area (Å²) in [4.78, 5) is 14.3. The molecule has 0 saturated heterocycles. The van der Waals surface area contributed by atoms with E-state index in [1.165, 1.54) is 12.4 Å². The van der Waals surface area contributed by atoms with Crippen molar-refractivity contribution in [3.05, 3.63) is 48.0 Å². The highest BCUT2D eigenvalue weighted by Gasteiger charge is 2.25. The van der Waals surface area contributed by atoms with Crippen molar-refractivity contribution >= 4 is 5.91 Å². The van der Waals surface area contributed by atoms with Crippen LogP contribution in [0.5, 0.6) is 0 Å². The highest BCUT2D eigenvalue weighted by atomic mass is 16.5. The van der Waals surface area contributed by atoms with Crippen LogP contribution in [0.15, 0.2) is 36.8 Å². The number of fused-ring (bicyclic) bond motifs is 1.